The molecule has 114 valence electrons. The maximum Gasteiger partial charge on any atom is 0.331 e. The predicted octanol–water partition coefficient (Wildman–Crippen LogP) is 1.16. The van der Waals surface area contributed by atoms with E-state index in [9.17, 15) is 14.4 Å². The average molecular weight is 302 g/mol. The highest BCUT2D eigenvalue weighted by Crippen LogP contribution is 2.13. The van der Waals surface area contributed by atoms with Gasteiger partial charge in [-0.15, -0.1) is 0 Å². The van der Waals surface area contributed by atoms with Crippen molar-refractivity contribution in [1.29, 1.82) is 5.26 Å². The van der Waals surface area contributed by atoms with E-state index in [1.165, 1.54) is 0 Å². The van der Waals surface area contributed by atoms with Gasteiger partial charge in [-0.2, -0.15) is 5.26 Å². The maximum absolute atomic E-state index is 11.6. The second-order valence-electron chi connectivity index (χ2n) is 3.90. The Morgan fingerprint density at radius 2 is 1.82 bits per heavy atom. The third kappa shape index (κ3) is 5.88. The van der Waals surface area contributed by atoms with Crippen molar-refractivity contribution in [2.24, 2.45) is 0 Å². The first-order valence-corrected chi connectivity index (χ1v) is 6.37. The predicted molar refractivity (Wildman–Crippen MR) is 76.5 cm³/mol. The van der Waals surface area contributed by atoms with Gasteiger partial charge < -0.3 is 14.8 Å². The molecule has 1 amide bonds. The average Bonchev–Trinajstić information content (AvgIpc) is 2.51. The Labute approximate surface area is 127 Å². The van der Waals surface area contributed by atoms with Gasteiger partial charge in [0.05, 0.1) is 17.9 Å². The first-order chi connectivity index (χ1) is 10.6. The van der Waals surface area contributed by atoms with Gasteiger partial charge in [0.15, 0.2) is 6.61 Å². The fourth-order valence-electron chi connectivity index (χ4n) is 1.39. The fourth-order valence-corrected chi connectivity index (χ4v) is 1.39. The summed E-state index contributed by atoms with van der Waals surface area (Å²) in [5.74, 6) is -2.12. The first-order valence-electron chi connectivity index (χ1n) is 6.37. The molecule has 0 unspecified atom stereocenters. The minimum atomic E-state index is -0.850. The van der Waals surface area contributed by atoms with Crippen LogP contribution in [0.4, 0.5) is 5.69 Å². The van der Waals surface area contributed by atoms with Crippen molar-refractivity contribution in [2.45, 2.75) is 6.92 Å². The van der Waals surface area contributed by atoms with Gasteiger partial charge in [0.25, 0.3) is 5.91 Å². The lowest BCUT2D eigenvalue weighted by Crippen LogP contribution is -2.20. The van der Waals surface area contributed by atoms with Crippen LogP contribution in [0.2, 0.25) is 0 Å². The lowest BCUT2D eigenvalue weighted by Gasteiger charge is -2.06. The van der Waals surface area contributed by atoms with Gasteiger partial charge in [-0.25, -0.2) is 9.59 Å². The molecule has 22 heavy (non-hydrogen) atoms. The summed E-state index contributed by atoms with van der Waals surface area (Å²) in [6.45, 7) is 1.29. The fraction of sp³-hybridized carbons (Fsp3) is 0.200. The molecule has 0 saturated heterocycles. The molecule has 1 N–H and O–H groups in total. The Kier molecular flexibility index (Phi) is 6.86. The van der Waals surface area contributed by atoms with Crippen LogP contribution in [-0.4, -0.2) is 31.1 Å². The van der Waals surface area contributed by atoms with Crippen LogP contribution in [0.5, 0.6) is 0 Å². The summed E-state index contributed by atoms with van der Waals surface area (Å²) in [7, 11) is 0. The quantitative estimate of drug-likeness (QED) is 0.624. The molecule has 0 spiro atoms. The van der Waals surface area contributed by atoms with Gasteiger partial charge in [0, 0.05) is 12.2 Å². The number of carbonyl (C=O) groups excluding carboxylic acids is 3. The van der Waals surface area contributed by atoms with Gasteiger partial charge in [-0.1, -0.05) is 12.1 Å². The summed E-state index contributed by atoms with van der Waals surface area (Å²) in [5, 5.41) is 11.3. The molecule has 1 aromatic rings. The van der Waals surface area contributed by atoms with Crippen molar-refractivity contribution in [1.82, 2.24) is 0 Å². The second kappa shape index (κ2) is 8.92. The van der Waals surface area contributed by atoms with E-state index in [-0.39, 0.29) is 6.61 Å². The largest absolute Gasteiger partial charge is 0.463 e. The molecule has 0 bridgehead atoms. The molecule has 7 nitrogen and oxygen atoms in total. The summed E-state index contributed by atoms with van der Waals surface area (Å²) in [4.78, 5) is 33.9. The van der Waals surface area contributed by atoms with E-state index < -0.39 is 24.5 Å². The topological polar surface area (TPSA) is 105 Å². The van der Waals surface area contributed by atoms with E-state index in [4.69, 9.17) is 5.26 Å². The SMILES string of the molecule is CCOC(=O)C=CC(=O)OCC(=O)Nc1ccccc1C#N. The number of nitriles is 1. The number of anilines is 1. The van der Waals surface area contributed by atoms with Crippen LogP contribution in [-0.2, 0) is 23.9 Å². The van der Waals surface area contributed by atoms with Crippen molar-refractivity contribution in [2.75, 3.05) is 18.5 Å². The van der Waals surface area contributed by atoms with Gasteiger partial charge in [0.1, 0.15) is 6.07 Å². The van der Waals surface area contributed by atoms with E-state index in [1.807, 2.05) is 6.07 Å². The molecule has 1 rings (SSSR count). The minimum absolute atomic E-state index is 0.193. The van der Waals surface area contributed by atoms with Crippen molar-refractivity contribution in [3.05, 3.63) is 42.0 Å². The molecule has 0 atom stereocenters. The molecular formula is C15H14N2O5. The molecule has 0 aliphatic rings. The summed E-state index contributed by atoms with van der Waals surface area (Å²) in [6.07, 6.45) is 1.78. The zero-order valence-corrected chi connectivity index (χ0v) is 11.9. The Hall–Kier alpha value is -3.14. The molecule has 0 aromatic heterocycles. The zero-order chi connectivity index (χ0) is 16.4. The van der Waals surface area contributed by atoms with Crippen LogP contribution in [0.1, 0.15) is 12.5 Å². The number of para-hydroxylation sites is 1. The van der Waals surface area contributed by atoms with Crippen LogP contribution >= 0.6 is 0 Å². The molecule has 1 aromatic carbocycles. The standard InChI is InChI=1S/C15H14N2O5/c1-2-21-14(19)7-8-15(20)22-10-13(18)17-12-6-4-3-5-11(12)9-16/h3-8H,2,10H2,1H3,(H,17,18). The smallest absolute Gasteiger partial charge is 0.331 e. The number of esters is 2. The number of nitrogens with one attached hydrogen (secondary N) is 1. The van der Waals surface area contributed by atoms with Crippen molar-refractivity contribution < 1.29 is 23.9 Å². The van der Waals surface area contributed by atoms with Crippen LogP contribution in [0, 0.1) is 11.3 Å². The molecular weight excluding hydrogens is 288 g/mol. The van der Waals surface area contributed by atoms with Crippen LogP contribution < -0.4 is 5.32 Å². The third-order valence-electron chi connectivity index (χ3n) is 2.31. The van der Waals surface area contributed by atoms with Crippen LogP contribution in [0.3, 0.4) is 0 Å². The van der Waals surface area contributed by atoms with Crippen molar-refractivity contribution >= 4 is 23.5 Å². The van der Waals surface area contributed by atoms with Gasteiger partial charge in [-0.05, 0) is 19.1 Å². The Balaban J connectivity index is 2.45. The molecule has 0 aliphatic carbocycles. The lowest BCUT2D eigenvalue weighted by atomic mass is 10.2. The minimum Gasteiger partial charge on any atom is -0.463 e. The van der Waals surface area contributed by atoms with Gasteiger partial charge in [0.2, 0.25) is 0 Å². The summed E-state index contributed by atoms with van der Waals surface area (Å²) < 4.78 is 9.23. The highest BCUT2D eigenvalue weighted by atomic mass is 16.5. The summed E-state index contributed by atoms with van der Waals surface area (Å²) in [6, 6.07) is 8.34. The monoisotopic (exact) mass is 302 g/mol. The van der Waals surface area contributed by atoms with Crippen LogP contribution in [0.15, 0.2) is 36.4 Å². The van der Waals surface area contributed by atoms with Crippen molar-refractivity contribution in [3.63, 3.8) is 0 Å². The van der Waals surface area contributed by atoms with E-state index in [1.54, 1.807) is 31.2 Å². The highest BCUT2D eigenvalue weighted by molar-refractivity contribution is 5.96. The lowest BCUT2D eigenvalue weighted by molar-refractivity contribution is -0.143. The number of nitrogens with zero attached hydrogens (tertiary/aromatic N) is 1. The number of hydrogen-bond acceptors (Lipinski definition) is 6. The number of amides is 1. The highest BCUT2D eigenvalue weighted by Gasteiger charge is 2.08. The number of ether oxygens (including phenoxy) is 2. The molecule has 0 radical (unpaired) electrons. The number of benzene rings is 1. The molecule has 7 heteroatoms. The Morgan fingerprint density at radius 1 is 1.18 bits per heavy atom. The molecule has 0 fully saturated rings. The van der Waals surface area contributed by atoms with Crippen LogP contribution in [0.25, 0.3) is 0 Å². The first kappa shape index (κ1) is 16.9. The molecule has 0 saturated carbocycles. The Morgan fingerprint density at radius 3 is 2.45 bits per heavy atom. The van der Waals surface area contributed by atoms with Crippen molar-refractivity contribution in [3.8, 4) is 6.07 Å². The van der Waals surface area contributed by atoms with E-state index >= 15 is 0 Å². The van der Waals surface area contributed by atoms with E-state index in [0.717, 1.165) is 12.2 Å². The van der Waals surface area contributed by atoms with E-state index in [0.29, 0.717) is 11.3 Å². The number of rotatable bonds is 6. The molecule has 0 aliphatic heterocycles. The number of carbonyl (C=O) groups is 3. The molecule has 0 heterocycles. The Bertz CT molecular complexity index is 631. The normalized spacial score (nSPS) is 9.82. The zero-order valence-electron chi connectivity index (χ0n) is 11.9. The third-order valence-corrected chi connectivity index (χ3v) is 2.31. The summed E-state index contributed by atoms with van der Waals surface area (Å²) in [5.41, 5.74) is 0.623. The second-order valence-corrected chi connectivity index (χ2v) is 3.90. The number of hydrogen-bond donors (Lipinski definition) is 1. The maximum atomic E-state index is 11.6. The van der Waals surface area contributed by atoms with Gasteiger partial charge >= 0.3 is 11.9 Å². The van der Waals surface area contributed by atoms with Gasteiger partial charge in [-0.3, -0.25) is 4.79 Å². The summed E-state index contributed by atoms with van der Waals surface area (Å²) >= 11 is 0. The van der Waals surface area contributed by atoms with E-state index in [2.05, 4.69) is 14.8 Å².